The smallest absolute Gasteiger partial charge is 0.296 e. The fourth-order valence-corrected chi connectivity index (χ4v) is 7.58. The molecule has 17 heteroatoms. The molecule has 0 saturated heterocycles. The molecule has 0 bridgehead atoms. The zero-order valence-corrected chi connectivity index (χ0v) is 31.1. The second kappa shape index (κ2) is 14.5. The van der Waals surface area contributed by atoms with Gasteiger partial charge in [0.2, 0.25) is 0 Å². The molecular formula is C37H31N3O11S3. The predicted octanol–water partition coefficient (Wildman–Crippen LogP) is 8.76. The number of rotatable bonds is 11. The van der Waals surface area contributed by atoms with Gasteiger partial charge in [-0.05, 0) is 91.9 Å². The zero-order chi connectivity index (χ0) is 39.0. The molecule has 0 unspecified atom stereocenters. The Balaban J connectivity index is 1.53. The lowest BCUT2D eigenvalue weighted by Gasteiger charge is -2.16. The van der Waals surface area contributed by atoms with Crippen LogP contribution < -0.4 is 14.2 Å². The summed E-state index contributed by atoms with van der Waals surface area (Å²) in [7, 11) is -14.7. The molecule has 0 radical (unpaired) electrons. The van der Waals surface area contributed by atoms with Crippen molar-refractivity contribution in [2.24, 2.45) is 10.2 Å². The number of anilines is 1. The molecule has 0 aliphatic carbocycles. The number of phenolic OH excluding ortho intramolecular Hbond substituents is 1. The van der Waals surface area contributed by atoms with Crippen molar-refractivity contribution in [1.29, 1.82) is 0 Å². The first-order valence-electron chi connectivity index (χ1n) is 15.8. The Kier molecular flexibility index (Phi) is 10.2. The molecule has 278 valence electrons. The molecule has 4 N–H and O–H groups in total. The van der Waals surface area contributed by atoms with Gasteiger partial charge in [-0.25, -0.2) is 8.42 Å². The van der Waals surface area contributed by atoms with Crippen molar-refractivity contribution < 1.29 is 48.9 Å². The molecule has 0 fully saturated rings. The van der Waals surface area contributed by atoms with E-state index in [2.05, 4.69) is 15.0 Å². The number of azo groups is 1. The third-order valence-corrected chi connectivity index (χ3v) is 11.2. The fraction of sp³-hybridized carbons (Fsp3) is 0.0811. The summed E-state index contributed by atoms with van der Waals surface area (Å²) in [4.78, 5) is -2.10. The zero-order valence-electron chi connectivity index (χ0n) is 28.6. The van der Waals surface area contributed by atoms with Crippen molar-refractivity contribution in [3.05, 3.63) is 126 Å². The lowest BCUT2D eigenvalue weighted by molar-refractivity contribution is 0.457. The monoisotopic (exact) mass is 789 g/mol. The Morgan fingerprint density at radius 3 is 1.81 bits per heavy atom. The number of aryl methyl sites for hydroxylation is 3. The fourth-order valence-electron chi connectivity index (χ4n) is 5.32. The average molecular weight is 790 g/mol. The summed E-state index contributed by atoms with van der Waals surface area (Å²) in [5.74, 6) is 0.442. The Labute approximate surface area is 310 Å². The lowest BCUT2D eigenvalue weighted by Crippen LogP contribution is -2.14. The quantitative estimate of drug-likeness (QED) is 0.0718. The summed E-state index contributed by atoms with van der Waals surface area (Å²) < 4.78 is 111. The second-order valence-corrected chi connectivity index (χ2v) is 16.6. The van der Waals surface area contributed by atoms with Crippen LogP contribution in [0.1, 0.15) is 16.7 Å². The van der Waals surface area contributed by atoms with Crippen LogP contribution in [-0.4, -0.2) is 39.5 Å². The highest BCUT2D eigenvalue weighted by Crippen LogP contribution is 2.47. The summed E-state index contributed by atoms with van der Waals surface area (Å²) in [6.07, 6.45) is 0. The van der Waals surface area contributed by atoms with Crippen LogP contribution in [0.4, 0.5) is 17.1 Å². The van der Waals surface area contributed by atoms with Gasteiger partial charge in [-0.15, -0.1) is 10.2 Å². The lowest BCUT2D eigenvalue weighted by atomic mass is 10.1. The molecule has 6 aromatic carbocycles. The van der Waals surface area contributed by atoms with Crippen LogP contribution in [0.15, 0.2) is 134 Å². The van der Waals surface area contributed by atoms with Gasteiger partial charge in [-0.3, -0.25) is 13.8 Å². The van der Waals surface area contributed by atoms with E-state index < -0.39 is 67.9 Å². The molecular weight excluding hydrogens is 759 g/mol. The highest BCUT2D eigenvalue weighted by Gasteiger charge is 2.27. The number of ether oxygens (including phenoxy) is 2. The predicted molar refractivity (Wildman–Crippen MR) is 200 cm³/mol. The van der Waals surface area contributed by atoms with Crippen molar-refractivity contribution in [3.63, 3.8) is 0 Å². The molecule has 54 heavy (non-hydrogen) atoms. The first-order valence-corrected chi connectivity index (χ1v) is 20.2. The number of para-hydroxylation sites is 2. The Bertz CT molecular complexity index is 2810. The van der Waals surface area contributed by atoms with Gasteiger partial charge in [0.25, 0.3) is 30.3 Å². The van der Waals surface area contributed by atoms with Crippen LogP contribution in [0.2, 0.25) is 0 Å². The average Bonchev–Trinajstić information content (AvgIpc) is 3.09. The van der Waals surface area contributed by atoms with Crippen molar-refractivity contribution in [1.82, 2.24) is 0 Å². The summed E-state index contributed by atoms with van der Waals surface area (Å²) in [6, 6.07) is 26.8. The van der Waals surface area contributed by atoms with E-state index in [-0.39, 0.29) is 16.3 Å². The van der Waals surface area contributed by atoms with Crippen molar-refractivity contribution in [2.45, 2.75) is 35.5 Å². The van der Waals surface area contributed by atoms with Crippen molar-refractivity contribution in [2.75, 3.05) is 4.72 Å². The van der Waals surface area contributed by atoms with E-state index in [9.17, 15) is 39.5 Å². The molecule has 0 saturated carbocycles. The molecule has 0 spiro atoms. The molecule has 14 nitrogen and oxygen atoms in total. The van der Waals surface area contributed by atoms with E-state index >= 15 is 0 Å². The maximum absolute atomic E-state index is 13.4. The number of aromatic hydroxyl groups is 1. The first kappa shape index (κ1) is 37.9. The molecule has 0 amide bonds. The van der Waals surface area contributed by atoms with Gasteiger partial charge < -0.3 is 14.6 Å². The number of hydrogen-bond donors (Lipinski definition) is 4. The second-order valence-electron chi connectivity index (χ2n) is 12.1. The van der Waals surface area contributed by atoms with Gasteiger partial charge in [0.05, 0.1) is 20.9 Å². The standard InChI is InChI=1S/C37H31N3O11S3/c1-22-12-15-27(16-13-22)52(42,43)40-30-21-28(53(44,45)46)18-25-19-34(54(47,48)49)36(37(41)35(25)30)39-38-29-17-14-26(50-31-10-6-4-8-23(31)2)20-33(29)51-32-11-7-5-9-24(32)3/h4-21,40-41H,1-3H3,(H,44,45,46)(H,47,48,49)/b39-38-. The van der Waals surface area contributed by atoms with Crippen LogP contribution in [0.25, 0.3) is 10.8 Å². The van der Waals surface area contributed by atoms with Gasteiger partial charge in [-0.1, -0.05) is 54.1 Å². The maximum atomic E-state index is 13.4. The summed E-state index contributed by atoms with van der Waals surface area (Å²) in [5.41, 5.74) is 0.977. The van der Waals surface area contributed by atoms with Gasteiger partial charge in [-0.2, -0.15) is 16.8 Å². The Morgan fingerprint density at radius 2 is 1.22 bits per heavy atom. The Morgan fingerprint density at radius 1 is 0.611 bits per heavy atom. The molecule has 6 rings (SSSR count). The van der Waals surface area contributed by atoms with Crippen LogP contribution in [0, 0.1) is 20.8 Å². The van der Waals surface area contributed by atoms with E-state index in [4.69, 9.17) is 9.47 Å². The highest BCUT2D eigenvalue weighted by atomic mass is 32.2. The number of hydrogen-bond acceptors (Lipinski definition) is 11. The third kappa shape index (κ3) is 8.19. The highest BCUT2D eigenvalue weighted by molar-refractivity contribution is 7.92. The van der Waals surface area contributed by atoms with Crippen LogP contribution in [0.3, 0.4) is 0 Å². The summed E-state index contributed by atoms with van der Waals surface area (Å²) >= 11 is 0. The SMILES string of the molecule is Cc1ccc(S(=O)(=O)Nc2cc(S(=O)(=O)O)cc3cc(S(=O)(=O)O)c(/N=N\c4ccc(Oc5ccccc5C)cc4Oc4ccccc4C)c(O)c23)cc1. The largest absolute Gasteiger partial charge is 0.505 e. The van der Waals surface area contributed by atoms with Crippen LogP contribution in [0.5, 0.6) is 28.7 Å². The minimum absolute atomic E-state index is 0.0122. The van der Waals surface area contributed by atoms with E-state index in [0.717, 1.165) is 34.9 Å². The number of fused-ring (bicyclic) bond motifs is 1. The number of benzene rings is 6. The van der Waals surface area contributed by atoms with Crippen molar-refractivity contribution in [3.8, 4) is 28.7 Å². The number of sulfonamides is 1. The number of nitrogens with one attached hydrogen (secondary N) is 1. The third-order valence-electron chi connectivity index (χ3n) is 8.10. The topological polar surface area (TPSA) is 218 Å². The van der Waals surface area contributed by atoms with Gasteiger partial charge in [0, 0.05) is 6.07 Å². The molecule has 0 aliphatic rings. The van der Waals surface area contributed by atoms with Gasteiger partial charge >= 0.3 is 0 Å². The van der Waals surface area contributed by atoms with E-state index in [1.807, 2.05) is 38.1 Å². The molecule has 0 atom stereocenters. The molecule has 6 aromatic rings. The maximum Gasteiger partial charge on any atom is 0.296 e. The van der Waals surface area contributed by atoms with Gasteiger partial charge in [0.15, 0.2) is 11.5 Å². The van der Waals surface area contributed by atoms with Gasteiger partial charge in [0.1, 0.15) is 33.5 Å². The number of nitrogens with zero attached hydrogens (tertiary/aromatic N) is 2. The normalized spacial score (nSPS) is 12.2. The van der Waals surface area contributed by atoms with Crippen molar-refractivity contribution >= 4 is 58.1 Å². The minimum atomic E-state index is -5.22. The van der Waals surface area contributed by atoms with Crippen LogP contribution in [-0.2, 0) is 30.3 Å². The van der Waals surface area contributed by atoms with Crippen LogP contribution >= 0.6 is 0 Å². The minimum Gasteiger partial charge on any atom is -0.505 e. The van der Waals surface area contributed by atoms with E-state index in [1.165, 1.54) is 36.4 Å². The molecule has 0 heterocycles. The Hall–Kier alpha value is -5.85. The summed E-state index contributed by atoms with van der Waals surface area (Å²) in [5, 5.41) is 18.9. The first-order chi connectivity index (χ1) is 25.4. The van der Waals surface area contributed by atoms with E-state index in [0.29, 0.717) is 17.2 Å². The molecule has 0 aromatic heterocycles. The van der Waals surface area contributed by atoms with E-state index in [1.54, 1.807) is 37.3 Å². The molecule has 0 aliphatic heterocycles. The number of phenols is 1. The summed E-state index contributed by atoms with van der Waals surface area (Å²) in [6.45, 7) is 5.42.